The minimum atomic E-state index is -0.121. The summed E-state index contributed by atoms with van der Waals surface area (Å²) < 4.78 is 0. The Morgan fingerprint density at radius 1 is 0.247 bits per heavy atom. The molecule has 0 aliphatic carbocycles. The number of para-hydroxylation sites is 7. The molecule has 4 nitrogen and oxygen atoms in total. The number of rotatable bonds is 9. The van der Waals surface area contributed by atoms with E-state index >= 15 is 0 Å². The lowest BCUT2D eigenvalue weighted by Gasteiger charge is -2.46. The molecule has 0 aromatic heterocycles. The Kier molecular flexibility index (Phi) is 11.7. The summed E-state index contributed by atoms with van der Waals surface area (Å²) in [5.41, 5.74) is 28.6. The molecule has 0 atom stereocenters. The second kappa shape index (κ2) is 20.2. The highest BCUT2D eigenvalue weighted by Crippen LogP contribution is 2.52. The lowest BCUT2D eigenvalue weighted by Crippen LogP contribution is -2.64. The topological polar surface area (TPSA) is 13.0 Å². The molecule has 13 aromatic carbocycles. The van der Waals surface area contributed by atoms with Crippen LogP contribution in [0.2, 0.25) is 0 Å². The van der Waals surface area contributed by atoms with Crippen molar-refractivity contribution in [1.82, 2.24) is 0 Å². The number of anilines is 12. The van der Waals surface area contributed by atoms with Gasteiger partial charge in [-0.25, -0.2) is 0 Å². The third kappa shape index (κ3) is 7.95. The van der Waals surface area contributed by atoms with E-state index in [1.165, 1.54) is 105 Å². The van der Waals surface area contributed by atoms with Crippen molar-refractivity contribution < 1.29 is 0 Å². The van der Waals surface area contributed by atoms with E-state index in [9.17, 15) is 0 Å². The van der Waals surface area contributed by atoms with Crippen LogP contribution in [0.15, 0.2) is 325 Å². The first-order valence-electron chi connectivity index (χ1n) is 29.3. The lowest BCUT2D eigenvalue weighted by molar-refractivity contribution is 1.22. The summed E-state index contributed by atoms with van der Waals surface area (Å²) in [4.78, 5) is 12.6. The maximum Gasteiger partial charge on any atom is 0.252 e. The zero-order valence-corrected chi connectivity index (χ0v) is 47.2. The normalized spacial score (nSPS) is 13.0. The fourth-order valence-electron chi connectivity index (χ4n) is 14.1. The van der Waals surface area contributed by atoms with Crippen molar-refractivity contribution in [3.8, 4) is 33.4 Å². The first-order valence-corrected chi connectivity index (χ1v) is 30.1. The molecule has 0 saturated heterocycles. The number of benzene rings is 13. The molecule has 0 amide bonds. The van der Waals surface area contributed by atoms with Crippen LogP contribution in [-0.4, -0.2) is 13.4 Å². The number of nitrogens with zero attached hydrogens (tertiary/aromatic N) is 4. The zero-order chi connectivity index (χ0) is 56.0. The highest BCUT2D eigenvalue weighted by molar-refractivity contribution is 8.00. The fraction of sp³-hybridized carbons (Fsp3) is 0. The van der Waals surface area contributed by atoms with Gasteiger partial charge in [0.1, 0.15) is 0 Å². The van der Waals surface area contributed by atoms with Crippen LogP contribution in [0.4, 0.5) is 68.2 Å². The quantitative estimate of drug-likeness (QED) is 0.133. The molecule has 13 aromatic rings. The Labute approximate surface area is 501 Å². The van der Waals surface area contributed by atoms with Gasteiger partial charge in [0.25, 0.3) is 6.71 Å². The van der Waals surface area contributed by atoms with E-state index in [-0.39, 0.29) is 13.4 Å². The van der Waals surface area contributed by atoms with E-state index < -0.39 is 0 Å². The Bertz CT molecular complexity index is 4680. The number of hydrogen-bond donors (Lipinski definition) is 0. The van der Waals surface area contributed by atoms with Crippen molar-refractivity contribution in [3.05, 3.63) is 315 Å². The van der Waals surface area contributed by atoms with Crippen LogP contribution >= 0.6 is 11.8 Å². The molecular formula is C78H52B2N4S. The molecule has 0 spiro atoms. The van der Waals surface area contributed by atoms with Gasteiger partial charge in [-0.3, -0.25) is 0 Å². The molecule has 396 valence electrons. The van der Waals surface area contributed by atoms with Crippen molar-refractivity contribution in [2.75, 3.05) is 19.6 Å². The van der Waals surface area contributed by atoms with Gasteiger partial charge in [0.15, 0.2) is 0 Å². The molecule has 0 unspecified atom stereocenters. The predicted molar refractivity (Wildman–Crippen MR) is 361 cm³/mol. The Balaban J connectivity index is 0.968. The van der Waals surface area contributed by atoms with Gasteiger partial charge in [-0.05, 0) is 141 Å². The molecule has 4 aliphatic rings. The second-order valence-corrected chi connectivity index (χ2v) is 23.4. The Morgan fingerprint density at radius 2 is 0.671 bits per heavy atom. The van der Waals surface area contributed by atoms with Gasteiger partial charge in [0.2, 0.25) is 6.71 Å². The van der Waals surface area contributed by atoms with E-state index in [1.54, 1.807) is 0 Å². The number of hydrogen-bond acceptors (Lipinski definition) is 5. The molecule has 85 heavy (non-hydrogen) atoms. The van der Waals surface area contributed by atoms with Crippen LogP contribution in [0, 0.1) is 0 Å². The summed E-state index contributed by atoms with van der Waals surface area (Å²) in [6.07, 6.45) is 0. The van der Waals surface area contributed by atoms with Crippen LogP contribution < -0.4 is 52.4 Å². The van der Waals surface area contributed by atoms with E-state index in [0.29, 0.717) is 0 Å². The predicted octanol–water partition coefficient (Wildman–Crippen LogP) is 17.0. The minimum Gasteiger partial charge on any atom is -0.311 e. The second-order valence-electron chi connectivity index (χ2n) is 22.3. The van der Waals surface area contributed by atoms with Gasteiger partial charge in [-0.1, -0.05) is 242 Å². The van der Waals surface area contributed by atoms with E-state index in [2.05, 4.69) is 335 Å². The maximum absolute atomic E-state index is 2.64. The van der Waals surface area contributed by atoms with Crippen molar-refractivity contribution in [3.63, 3.8) is 0 Å². The third-order valence-electron chi connectivity index (χ3n) is 17.6. The standard InChI is InChI=1S/C78H52B2N4S/c1-7-27-53(28-8-1)56-47-72-77-73(48-56)84(68-44-24-20-40-62(68)55-31-11-3-12-32-55)71-52-75-66(51-65(71)79(77)64-42-22-26-46-70(64)83(72)67-43-23-19-39-61(67)54-29-9-2-10-30-54)80-63-41-21-25-45-69(63)82(59-37-17-6-18-38-59)74-49-60(50-76(85-75)78(74)80)81(57-33-13-4-14-34-57)58-35-15-5-16-36-58/h1-52H. The molecule has 0 radical (unpaired) electrons. The third-order valence-corrected chi connectivity index (χ3v) is 18.8. The Morgan fingerprint density at radius 3 is 1.22 bits per heavy atom. The van der Waals surface area contributed by atoms with E-state index in [4.69, 9.17) is 0 Å². The van der Waals surface area contributed by atoms with Gasteiger partial charge in [-0.2, -0.15) is 0 Å². The van der Waals surface area contributed by atoms with Crippen LogP contribution in [0.3, 0.4) is 0 Å². The molecule has 4 aliphatic heterocycles. The molecule has 0 fully saturated rings. The zero-order valence-electron chi connectivity index (χ0n) is 46.4. The lowest BCUT2D eigenvalue weighted by atomic mass is 9.31. The van der Waals surface area contributed by atoms with Gasteiger partial charge in [0.05, 0.1) is 11.4 Å². The van der Waals surface area contributed by atoms with Gasteiger partial charge < -0.3 is 19.6 Å². The molecule has 0 N–H and O–H groups in total. The SMILES string of the molecule is c1ccc(-c2cc3c4c(c2)N(c2ccccc2-c2ccccc2)c2cc5c(cc2B4c2ccccc2N3c2ccccc2-c2ccccc2)B2c3ccccc3N(c3ccccc3)c3cc(N(c4ccccc4)c4ccccc4)cc(c32)S5)cc1. The Hall–Kier alpha value is -10.5. The smallest absolute Gasteiger partial charge is 0.252 e. The summed E-state index contributed by atoms with van der Waals surface area (Å²) in [6.45, 7) is -0.192. The monoisotopic (exact) mass is 1100 g/mol. The van der Waals surface area contributed by atoms with E-state index in [0.717, 1.165) is 39.7 Å². The van der Waals surface area contributed by atoms with Crippen molar-refractivity contribution in [2.45, 2.75) is 9.79 Å². The average Bonchev–Trinajstić information content (AvgIpc) is 1.94. The summed E-state index contributed by atoms with van der Waals surface area (Å²) in [7, 11) is 0. The highest BCUT2D eigenvalue weighted by Gasteiger charge is 2.48. The molecule has 4 heterocycles. The average molecular weight is 1100 g/mol. The minimum absolute atomic E-state index is 0.0712. The van der Waals surface area contributed by atoms with Crippen molar-refractivity contribution in [1.29, 1.82) is 0 Å². The van der Waals surface area contributed by atoms with Crippen LogP contribution in [0.1, 0.15) is 0 Å². The van der Waals surface area contributed by atoms with Gasteiger partial charge in [0, 0.05) is 77.8 Å². The summed E-state index contributed by atoms with van der Waals surface area (Å²) >= 11 is 1.92. The fourth-order valence-corrected chi connectivity index (χ4v) is 15.3. The molecular weight excluding hydrogens is 1050 g/mol. The first-order chi connectivity index (χ1) is 42.2. The van der Waals surface area contributed by atoms with Crippen molar-refractivity contribution >= 4 is 126 Å². The first kappa shape index (κ1) is 49.2. The summed E-state index contributed by atoms with van der Waals surface area (Å²) in [5.74, 6) is 0. The van der Waals surface area contributed by atoms with Crippen LogP contribution in [0.5, 0.6) is 0 Å². The molecule has 7 heteroatoms. The van der Waals surface area contributed by atoms with Crippen LogP contribution in [-0.2, 0) is 0 Å². The highest BCUT2D eigenvalue weighted by atomic mass is 32.2. The summed E-state index contributed by atoms with van der Waals surface area (Å²) in [5, 5.41) is 0. The van der Waals surface area contributed by atoms with Crippen molar-refractivity contribution in [2.24, 2.45) is 0 Å². The number of fused-ring (bicyclic) bond motifs is 8. The van der Waals surface area contributed by atoms with Gasteiger partial charge in [-0.15, -0.1) is 0 Å². The van der Waals surface area contributed by atoms with Crippen LogP contribution in [0.25, 0.3) is 33.4 Å². The molecule has 0 bridgehead atoms. The van der Waals surface area contributed by atoms with Gasteiger partial charge >= 0.3 is 0 Å². The molecule has 0 saturated carbocycles. The summed E-state index contributed by atoms with van der Waals surface area (Å²) in [6, 6.07) is 117. The van der Waals surface area contributed by atoms with E-state index in [1.807, 2.05) is 11.8 Å². The molecule has 17 rings (SSSR count). The maximum atomic E-state index is 2.64. The largest absolute Gasteiger partial charge is 0.311 e.